The lowest BCUT2D eigenvalue weighted by atomic mass is 10.1. The molecule has 25 heavy (non-hydrogen) atoms. The average molecular weight is 397 g/mol. The van der Waals surface area contributed by atoms with Gasteiger partial charge in [-0.15, -0.1) is 0 Å². The van der Waals surface area contributed by atoms with E-state index in [4.69, 9.17) is 0 Å². The van der Waals surface area contributed by atoms with Gasteiger partial charge in [0.1, 0.15) is 17.8 Å². The molecule has 0 atom stereocenters. The number of aryl methyl sites for hydroxylation is 1. The number of nitrogens with one attached hydrogen (secondary N) is 2. The van der Waals surface area contributed by atoms with E-state index < -0.39 is 0 Å². The lowest BCUT2D eigenvalue weighted by Gasteiger charge is -2.09. The number of halogens is 1. The molecule has 3 aromatic rings. The molecule has 0 spiro atoms. The number of amides is 1. The smallest absolute Gasteiger partial charge is 0.274 e. The Hall–Kier alpha value is -2.73. The van der Waals surface area contributed by atoms with E-state index in [9.17, 15) is 4.79 Å². The van der Waals surface area contributed by atoms with Crippen molar-refractivity contribution in [3.63, 3.8) is 0 Å². The number of anilines is 2. The van der Waals surface area contributed by atoms with Gasteiger partial charge in [0.15, 0.2) is 0 Å². The van der Waals surface area contributed by atoms with E-state index in [1.807, 2.05) is 36.4 Å². The van der Waals surface area contributed by atoms with Crippen LogP contribution in [0.2, 0.25) is 0 Å². The Kier molecular flexibility index (Phi) is 5.40. The topological polar surface area (TPSA) is 66.9 Å². The molecule has 0 saturated carbocycles. The van der Waals surface area contributed by atoms with Crippen molar-refractivity contribution in [2.75, 3.05) is 10.6 Å². The summed E-state index contributed by atoms with van der Waals surface area (Å²) in [6, 6.07) is 17.1. The van der Waals surface area contributed by atoms with Crippen LogP contribution < -0.4 is 10.6 Å². The van der Waals surface area contributed by atoms with Gasteiger partial charge in [-0.05, 0) is 42.3 Å². The molecule has 5 nitrogen and oxygen atoms in total. The number of rotatable bonds is 5. The first-order valence-electron chi connectivity index (χ1n) is 7.79. The van der Waals surface area contributed by atoms with Gasteiger partial charge in [-0.3, -0.25) is 4.79 Å². The summed E-state index contributed by atoms with van der Waals surface area (Å²) in [5.74, 6) is 0.336. The maximum Gasteiger partial charge on any atom is 0.274 e. The van der Waals surface area contributed by atoms with Crippen LogP contribution in [0.4, 0.5) is 11.5 Å². The monoisotopic (exact) mass is 396 g/mol. The van der Waals surface area contributed by atoms with Crippen LogP contribution in [0.5, 0.6) is 0 Å². The number of carbonyl (C=O) groups excluding carboxylic acids is 1. The van der Waals surface area contributed by atoms with Crippen LogP contribution in [0.1, 0.15) is 21.6 Å². The molecule has 3 rings (SSSR count). The fraction of sp³-hybridized carbons (Fsp3) is 0.105. The Morgan fingerprint density at radius 3 is 2.60 bits per heavy atom. The molecule has 2 N–H and O–H groups in total. The summed E-state index contributed by atoms with van der Waals surface area (Å²) < 4.78 is 0.954. The second kappa shape index (κ2) is 7.90. The summed E-state index contributed by atoms with van der Waals surface area (Å²) in [5.41, 5.74) is 3.41. The average Bonchev–Trinajstić information content (AvgIpc) is 2.63. The molecule has 0 fully saturated rings. The highest BCUT2D eigenvalue weighted by Crippen LogP contribution is 2.15. The second-order valence-corrected chi connectivity index (χ2v) is 6.45. The fourth-order valence-electron chi connectivity index (χ4n) is 2.30. The highest BCUT2D eigenvalue weighted by Gasteiger charge is 2.09. The van der Waals surface area contributed by atoms with E-state index in [0.29, 0.717) is 23.7 Å². The van der Waals surface area contributed by atoms with E-state index in [1.54, 1.807) is 6.07 Å². The summed E-state index contributed by atoms with van der Waals surface area (Å²) in [5, 5.41) is 6.05. The van der Waals surface area contributed by atoms with Crippen LogP contribution in [0.15, 0.2) is 65.4 Å². The van der Waals surface area contributed by atoms with E-state index in [0.717, 1.165) is 4.47 Å². The first-order chi connectivity index (χ1) is 12.1. The normalized spacial score (nSPS) is 10.3. The molecule has 0 bridgehead atoms. The van der Waals surface area contributed by atoms with Crippen molar-refractivity contribution in [2.45, 2.75) is 13.5 Å². The zero-order chi connectivity index (χ0) is 17.6. The molecule has 126 valence electrons. The highest BCUT2D eigenvalue weighted by atomic mass is 79.9. The summed E-state index contributed by atoms with van der Waals surface area (Å²) >= 11 is 3.37. The van der Waals surface area contributed by atoms with Gasteiger partial charge in [-0.2, -0.15) is 0 Å². The quantitative estimate of drug-likeness (QED) is 0.669. The van der Waals surface area contributed by atoms with E-state index in [2.05, 4.69) is 55.6 Å². The van der Waals surface area contributed by atoms with Crippen LogP contribution in [0.25, 0.3) is 0 Å². The Balaban J connectivity index is 1.67. The van der Waals surface area contributed by atoms with Crippen molar-refractivity contribution in [2.24, 2.45) is 0 Å². The number of carbonyl (C=O) groups is 1. The predicted molar refractivity (Wildman–Crippen MR) is 103 cm³/mol. The first-order valence-corrected chi connectivity index (χ1v) is 8.58. The van der Waals surface area contributed by atoms with Crippen molar-refractivity contribution in [1.82, 2.24) is 9.97 Å². The highest BCUT2D eigenvalue weighted by molar-refractivity contribution is 9.10. The van der Waals surface area contributed by atoms with Gasteiger partial charge in [0.05, 0.1) is 0 Å². The third-order valence-electron chi connectivity index (χ3n) is 3.72. The molecule has 0 unspecified atom stereocenters. The molecular formula is C19H17BrN4O. The predicted octanol–water partition coefficient (Wildman–Crippen LogP) is 4.41. The van der Waals surface area contributed by atoms with Crippen molar-refractivity contribution in [1.29, 1.82) is 0 Å². The molecule has 0 aliphatic rings. The Bertz CT molecular complexity index is 881. The second-order valence-electron chi connectivity index (χ2n) is 5.53. The van der Waals surface area contributed by atoms with Gasteiger partial charge >= 0.3 is 0 Å². The molecule has 6 heteroatoms. The molecule has 0 aliphatic heterocycles. The zero-order valence-corrected chi connectivity index (χ0v) is 15.2. The van der Waals surface area contributed by atoms with E-state index >= 15 is 0 Å². The van der Waals surface area contributed by atoms with Crippen LogP contribution >= 0.6 is 15.9 Å². The molecule has 0 saturated heterocycles. The molecule has 0 radical (unpaired) electrons. The first kappa shape index (κ1) is 17.1. The lowest BCUT2D eigenvalue weighted by molar-refractivity contribution is 0.102. The fourth-order valence-corrected chi connectivity index (χ4v) is 2.57. The number of aromatic nitrogens is 2. The molecular weight excluding hydrogens is 380 g/mol. The maximum atomic E-state index is 12.3. The minimum absolute atomic E-state index is 0.274. The standard InChI is InChI=1S/C19H17BrN4O/c1-13-4-2-3-5-14(13)11-21-18-10-17(22-12-23-18)19(25)24-16-8-6-15(20)7-9-16/h2-10,12H,11H2,1H3,(H,24,25)(H,21,22,23). The van der Waals surface area contributed by atoms with E-state index in [1.165, 1.54) is 17.5 Å². The van der Waals surface area contributed by atoms with Gasteiger partial charge in [0.2, 0.25) is 0 Å². The molecule has 1 amide bonds. The van der Waals surface area contributed by atoms with Crippen molar-refractivity contribution in [3.05, 3.63) is 82.2 Å². The van der Waals surface area contributed by atoms with Crippen molar-refractivity contribution >= 4 is 33.3 Å². The number of hydrogen-bond acceptors (Lipinski definition) is 4. The Morgan fingerprint density at radius 2 is 1.84 bits per heavy atom. The van der Waals surface area contributed by atoms with Crippen LogP contribution in [-0.4, -0.2) is 15.9 Å². The summed E-state index contributed by atoms with van der Waals surface area (Å²) in [7, 11) is 0. The molecule has 2 aromatic carbocycles. The van der Waals surface area contributed by atoms with Crippen LogP contribution in [0, 0.1) is 6.92 Å². The van der Waals surface area contributed by atoms with Crippen LogP contribution in [-0.2, 0) is 6.54 Å². The number of benzene rings is 2. The Morgan fingerprint density at radius 1 is 1.08 bits per heavy atom. The van der Waals surface area contributed by atoms with Gasteiger partial charge in [-0.1, -0.05) is 40.2 Å². The number of nitrogens with zero attached hydrogens (tertiary/aromatic N) is 2. The minimum atomic E-state index is -0.274. The van der Waals surface area contributed by atoms with Gasteiger partial charge in [0, 0.05) is 22.8 Å². The zero-order valence-electron chi connectivity index (χ0n) is 13.7. The molecule has 1 heterocycles. The van der Waals surface area contributed by atoms with Crippen LogP contribution in [0.3, 0.4) is 0 Å². The van der Waals surface area contributed by atoms with Gasteiger partial charge in [0.25, 0.3) is 5.91 Å². The van der Waals surface area contributed by atoms with E-state index in [-0.39, 0.29) is 5.91 Å². The summed E-state index contributed by atoms with van der Waals surface area (Å²) in [6.45, 7) is 2.70. The van der Waals surface area contributed by atoms with Gasteiger partial charge in [-0.25, -0.2) is 9.97 Å². The maximum absolute atomic E-state index is 12.3. The molecule has 1 aromatic heterocycles. The van der Waals surface area contributed by atoms with Crippen molar-refractivity contribution < 1.29 is 4.79 Å². The summed E-state index contributed by atoms with van der Waals surface area (Å²) in [4.78, 5) is 20.6. The minimum Gasteiger partial charge on any atom is -0.366 e. The Labute approximate surface area is 154 Å². The van der Waals surface area contributed by atoms with Gasteiger partial charge < -0.3 is 10.6 Å². The third-order valence-corrected chi connectivity index (χ3v) is 4.25. The lowest BCUT2D eigenvalue weighted by Crippen LogP contribution is -2.14. The largest absolute Gasteiger partial charge is 0.366 e. The van der Waals surface area contributed by atoms with Crippen molar-refractivity contribution in [3.8, 4) is 0 Å². The third kappa shape index (κ3) is 4.64. The number of hydrogen-bond donors (Lipinski definition) is 2. The molecule has 0 aliphatic carbocycles. The summed E-state index contributed by atoms with van der Waals surface area (Å²) in [6.07, 6.45) is 1.39. The SMILES string of the molecule is Cc1ccccc1CNc1cc(C(=O)Nc2ccc(Br)cc2)ncn1.